The Morgan fingerprint density at radius 1 is 1.19 bits per heavy atom. The maximum absolute atomic E-state index is 12.4. The first kappa shape index (κ1) is 18.7. The molecule has 0 aliphatic rings. The van der Waals surface area contributed by atoms with Gasteiger partial charge in [-0.05, 0) is 55.3 Å². The van der Waals surface area contributed by atoms with Gasteiger partial charge in [0.05, 0.1) is 5.25 Å². The largest absolute Gasteiger partial charge is 0.308 e. The van der Waals surface area contributed by atoms with Gasteiger partial charge in [-0.1, -0.05) is 15.9 Å². The van der Waals surface area contributed by atoms with Crippen molar-refractivity contribution in [3.05, 3.63) is 71.1 Å². The smallest absolute Gasteiger partial charge is 0.238 e. The minimum Gasteiger partial charge on any atom is -0.308 e. The van der Waals surface area contributed by atoms with Crippen LogP contribution in [0.25, 0.3) is 0 Å². The Hall–Kier alpha value is -2.12. The third kappa shape index (κ3) is 5.44. The number of aromatic nitrogens is 3. The first-order valence-corrected chi connectivity index (χ1v) is 9.93. The van der Waals surface area contributed by atoms with Crippen molar-refractivity contribution in [3.63, 3.8) is 0 Å². The lowest BCUT2D eigenvalue weighted by Crippen LogP contribution is -2.22. The van der Waals surface area contributed by atoms with E-state index in [1.54, 1.807) is 12.4 Å². The number of carbonyl (C=O) groups is 1. The number of amides is 1. The average molecular weight is 431 g/mol. The van der Waals surface area contributed by atoms with E-state index in [0.717, 1.165) is 22.3 Å². The van der Waals surface area contributed by atoms with E-state index in [1.165, 1.54) is 17.3 Å². The molecule has 0 saturated carbocycles. The summed E-state index contributed by atoms with van der Waals surface area (Å²) in [5, 5.41) is 7.09. The SMILES string of the molecule is CC(Sc1ccc(Br)cc1)C(=O)Nc1ccn(CCc2ccncc2)n1. The number of pyridine rings is 1. The number of halogens is 1. The average Bonchev–Trinajstić information content (AvgIpc) is 3.10. The molecule has 3 aromatic rings. The van der Waals surface area contributed by atoms with E-state index in [9.17, 15) is 4.79 Å². The Labute approximate surface area is 165 Å². The highest BCUT2D eigenvalue weighted by atomic mass is 79.9. The Bertz CT molecular complexity index is 851. The predicted molar refractivity (Wildman–Crippen MR) is 108 cm³/mol. The molecule has 26 heavy (non-hydrogen) atoms. The molecule has 1 atom stereocenters. The van der Waals surface area contributed by atoms with Crippen molar-refractivity contribution in [2.75, 3.05) is 5.32 Å². The van der Waals surface area contributed by atoms with E-state index in [0.29, 0.717) is 5.82 Å². The molecule has 1 unspecified atom stereocenters. The fourth-order valence-corrected chi connectivity index (χ4v) is 3.48. The van der Waals surface area contributed by atoms with Crippen molar-refractivity contribution in [2.24, 2.45) is 0 Å². The third-order valence-electron chi connectivity index (χ3n) is 3.77. The number of nitrogens with one attached hydrogen (secondary N) is 1. The fourth-order valence-electron chi connectivity index (χ4n) is 2.34. The third-order valence-corrected chi connectivity index (χ3v) is 5.41. The lowest BCUT2D eigenvalue weighted by Gasteiger charge is -2.10. The molecule has 7 heteroatoms. The molecule has 0 spiro atoms. The monoisotopic (exact) mass is 430 g/mol. The van der Waals surface area contributed by atoms with Gasteiger partial charge in [-0.3, -0.25) is 14.5 Å². The molecular weight excluding hydrogens is 412 g/mol. The minimum absolute atomic E-state index is 0.0581. The maximum Gasteiger partial charge on any atom is 0.238 e. The van der Waals surface area contributed by atoms with E-state index in [2.05, 4.69) is 31.3 Å². The number of hydrogen-bond donors (Lipinski definition) is 1. The zero-order chi connectivity index (χ0) is 18.4. The van der Waals surface area contributed by atoms with Gasteiger partial charge >= 0.3 is 0 Å². The molecule has 0 bridgehead atoms. The zero-order valence-electron chi connectivity index (χ0n) is 14.3. The fraction of sp³-hybridized carbons (Fsp3) is 0.211. The van der Waals surface area contributed by atoms with Gasteiger partial charge in [0.1, 0.15) is 0 Å². The van der Waals surface area contributed by atoms with Crippen LogP contribution in [0, 0.1) is 0 Å². The topological polar surface area (TPSA) is 59.8 Å². The molecule has 0 radical (unpaired) electrons. The summed E-state index contributed by atoms with van der Waals surface area (Å²) in [6, 6.07) is 13.7. The van der Waals surface area contributed by atoms with E-state index in [-0.39, 0.29) is 11.2 Å². The Kier molecular flexibility index (Phi) is 6.46. The van der Waals surface area contributed by atoms with Crippen molar-refractivity contribution in [1.82, 2.24) is 14.8 Å². The maximum atomic E-state index is 12.4. The van der Waals surface area contributed by atoms with Gasteiger partial charge in [0, 0.05) is 40.6 Å². The van der Waals surface area contributed by atoms with Crippen LogP contribution in [0.15, 0.2) is 70.4 Å². The number of rotatable bonds is 7. The molecule has 0 saturated heterocycles. The zero-order valence-corrected chi connectivity index (χ0v) is 16.7. The summed E-state index contributed by atoms with van der Waals surface area (Å²) < 4.78 is 2.86. The summed E-state index contributed by atoms with van der Waals surface area (Å²) >= 11 is 4.93. The van der Waals surface area contributed by atoms with Gasteiger partial charge < -0.3 is 5.32 Å². The van der Waals surface area contributed by atoms with Gasteiger partial charge in [0.15, 0.2) is 5.82 Å². The van der Waals surface area contributed by atoms with Gasteiger partial charge in [0.2, 0.25) is 5.91 Å². The minimum atomic E-state index is -0.210. The Morgan fingerprint density at radius 2 is 1.92 bits per heavy atom. The van der Waals surface area contributed by atoms with Crippen molar-refractivity contribution < 1.29 is 4.79 Å². The number of benzene rings is 1. The van der Waals surface area contributed by atoms with Crippen molar-refractivity contribution in [1.29, 1.82) is 0 Å². The van der Waals surface area contributed by atoms with E-state index in [4.69, 9.17) is 0 Å². The quantitative estimate of drug-likeness (QED) is 0.564. The highest BCUT2D eigenvalue weighted by Crippen LogP contribution is 2.25. The summed E-state index contributed by atoms with van der Waals surface area (Å²) in [5.74, 6) is 0.519. The number of carbonyl (C=O) groups excluding carboxylic acids is 1. The molecule has 2 aromatic heterocycles. The highest BCUT2D eigenvalue weighted by Gasteiger charge is 2.15. The summed E-state index contributed by atoms with van der Waals surface area (Å²) in [7, 11) is 0. The van der Waals surface area contributed by atoms with Gasteiger partial charge in [-0.15, -0.1) is 11.8 Å². The van der Waals surface area contributed by atoms with Crippen LogP contribution in [-0.2, 0) is 17.8 Å². The van der Waals surface area contributed by atoms with Crippen molar-refractivity contribution >= 4 is 39.4 Å². The Morgan fingerprint density at radius 3 is 2.65 bits per heavy atom. The molecule has 0 aliphatic carbocycles. The molecule has 5 nitrogen and oxygen atoms in total. The molecule has 3 rings (SSSR count). The second-order valence-corrected chi connectivity index (χ2v) is 8.10. The molecule has 1 amide bonds. The van der Waals surface area contributed by atoms with Crippen LogP contribution >= 0.6 is 27.7 Å². The molecule has 1 N–H and O–H groups in total. The number of thioether (sulfide) groups is 1. The number of aryl methyl sites for hydroxylation is 2. The van der Waals surface area contributed by atoms with Crippen LogP contribution in [0.3, 0.4) is 0 Å². The van der Waals surface area contributed by atoms with E-state index < -0.39 is 0 Å². The molecule has 2 heterocycles. The lowest BCUT2D eigenvalue weighted by atomic mass is 10.2. The molecule has 1 aromatic carbocycles. The number of anilines is 1. The van der Waals surface area contributed by atoms with Crippen LogP contribution in [0.4, 0.5) is 5.82 Å². The van der Waals surface area contributed by atoms with E-state index in [1.807, 2.05) is 60.3 Å². The lowest BCUT2D eigenvalue weighted by molar-refractivity contribution is -0.115. The summed E-state index contributed by atoms with van der Waals surface area (Å²) in [6.07, 6.45) is 6.32. The van der Waals surface area contributed by atoms with Crippen molar-refractivity contribution in [3.8, 4) is 0 Å². The molecule has 0 aliphatic heterocycles. The van der Waals surface area contributed by atoms with Gasteiger partial charge in [-0.2, -0.15) is 5.10 Å². The first-order valence-electron chi connectivity index (χ1n) is 8.25. The van der Waals surface area contributed by atoms with Crippen LogP contribution in [0.5, 0.6) is 0 Å². The standard InChI is InChI=1S/C19H19BrN4OS/c1-14(26-17-4-2-16(20)3-5-17)19(25)22-18-9-13-24(23-18)12-8-15-6-10-21-11-7-15/h2-7,9-11,13-14H,8,12H2,1H3,(H,22,23,25). The summed E-state index contributed by atoms with van der Waals surface area (Å²) in [5.41, 5.74) is 1.21. The predicted octanol–water partition coefficient (Wildman–Crippen LogP) is 4.40. The summed E-state index contributed by atoms with van der Waals surface area (Å²) in [6.45, 7) is 2.64. The number of nitrogens with zero attached hydrogens (tertiary/aromatic N) is 3. The highest BCUT2D eigenvalue weighted by molar-refractivity contribution is 9.10. The number of hydrogen-bond acceptors (Lipinski definition) is 4. The van der Waals surface area contributed by atoms with Gasteiger partial charge in [-0.25, -0.2) is 0 Å². The van der Waals surface area contributed by atoms with Gasteiger partial charge in [0.25, 0.3) is 0 Å². The van der Waals surface area contributed by atoms with Crippen LogP contribution < -0.4 is 5.32 Å². The summed E-state index contributed by atoms with van der Waals surface area (Å²) in [4.78, 5) is 17.4. The van der Waals surface area contributed by atoms with Crippen LogP contribution in [0.2, 0.25) is 0 Å². The molecule has 0 fully saturated rings. The van der Waals surface area contributed by atoms with Crippen LogP contribution in [0.1, 0.15) is 12.5 Å². The van der Waals surface area contributed by atoms with Crippen molar-refractivity contribution in [2.45, 2.75) is 30.0 Å². The normalized spacial score (nSPS) is 11.9. The van der Waals surface area contributed by atoms with Crippen LogP contribution in [-0.4, -0.2) is 25.9 Å². The molecule has 134 valence electrons. The van der Waals surface area contributed by atoms with E-state index >= 15 is 0 Å². The second-order valence-electron chi connectivity index (χ2n) is 5.77. The Balaban J connectivity index is 1.51. The second kappa shape index (κ2) is 9.00. The molecular formula is C19H19BrN4OS. The first-order chi connectivity index (χ1) is 12.6.